The van der Waals surface area contributed by atoms with E-state index in [1.807, 2.05) is 0 Å². The quantitative estimate of drug-likeness (QED) is 0.394. The average Bonchev–Trinajstić information content (AvgIpc) is 3.38. The van der Waals surface area contributed by atoms with Gasteiger partial charge in [-0.2, -0.15) is 17.5 Å². The minimum absolute atomic E-state index is 0.0116. The Labute approximate surface area is 226 Å². The van der Waals surface area contributed by atoms with E-state index in [1.54, 1.807) is 17.0 Å². The van der Waals surface area contributed by atoms with Gasteiger partial charge >= 0.3 is 6.18 Å². The molecular formula is C25H31F3N4O5S2. The molecule has 0 saturated carbocycles. The van der Waals surface area contributed by atoms with Gasteiger partial charge in [-0.15, -0.1) is 0 Å². The summed E-state index contributed by atoms with van der Waals surface area (Å²) in [6, 6.07) is 10.9. The lowest BCUT2D eigenvalue weighted by atomic mass is 10.1. The number of hydrogen-bond donors (Lipinski definition) is 2. The molecule has 2 aromatic rings. The fourth-order valence-electron chi connectivity index (χ4n) is 4.16. The first kappa shape index (κ1) is 30.8. The van der Waals surface area contributed by atoms with Crippen LogP contribution in [0.1, 0.15) is 23.1 Å². The van der Waals surface area contributed by atoms with Gasteiger partial charge in [-0.25, -0.2) is 21.6 Å². The molecule has 214 valence electrons. The van der Waals surface area contributed by atoms with Gasteiger partial charge < -0.3 is 5.32 Å². The number of rotatable bonds is 12. The molecule has 0 unspecified atom stereocenters. The molecule has 0 spiro atoms. The number of benzene rings is 2. The van der Waals surface area contributed by atoms with Gasteiger partial charge in [0.05, 0.1) is 17.0 Å². The lowest BCUT2D eigenvalue weighted by Gasteiger charge is -2.22. The van der Waals surface area contributed by atoms with Crippen LogP contribution in [0.25, 0.3) is 0 Å². The van der Waals surface area contributed by atoms with Crippen LogP contribution in [0.4, 0.5) is 13.2 Å². The molecule has 0 bridgehead atoms. The van der Waals surface area contributed by atoms with Gasteiger partial charge in [0, 0.05) is 45.2 Å². The molecule has 39 heavy (non-hydrogen) atoms. The summed E-state index contributed by atoms with van der Waals surface area (Å²) in [7, 11) is -5.91. The van der Waals surface area contributed by atoms with Crippen molar-refractivity contribution in [1.82, 2.24) is 19.2 Å². The van der Waals surface area contributed by atoms with Crippen LogP contribution in [0, 0.1) is 5.92 Å². The van der Waals surface area contributed by atoms with Crippen LogP contribution in [-0.4, -0.2) is 65.2 Å². The van der Waals surface area contributed by atoms with Gasteiger partial charge in [0.1, 0.15) is 0 Å². The standard InChI is InChI=1S/C25H31F3N4O5S2/c1-3-38(34,35)30-14-21-12-13-32(17-21)39(36,37)23-10-6-20(7-11-23)16-31(18-24(33)29-2)15-19-4-8-22(9-5-19)25(26,27)28/h3-11,21,30H,1,12-18H2,2H3,(H,29,33)/t21-/m1/s1. The molecule has 9 nitrogen and oxygen atoms in total. The van der Waals surface area contributed by atoms with Crippen molar-refractivity contribution >= 4 is 26.0 Å². The average molecular weight is 589 g/mol. The second kappa shape index (κ2) is 12.6. The highest BCUT2D eigenvalue weighted by molar-refractivity contribution is 7.92. The number of alkyl halides is 3. The fourth-order valence-corrected chi connectivity index (χ4v) is 6.27. The van der Waals surface area contributed by atoms with Crippen molar-refractivity contribution in [2.45, 2.75) is 30.6 Å². The van der Waals surface area contributed by atoms with Crippen molar-refractivity contribution < 1.29 is 34.8 Å². The van der Waals surface area contributed by atoms with Crippen LogP contribution in [0.2, 0.25) is 0 Å². The predicted molar refractivity (Wildman–Crippen MR) is 140 cm³/mol. The first-order valence-electron chi connectivity index (χ1n) is 12.0. The number of likely N-dealkylation sites (N-methyl/N-ethyl adjacent to an activating group) is 1. The van der Waals surface area contributed by atoms with Gasteiger partial charge in [0.2, 0.25) is 26.0 Å². The molecule has 2 N–H and O–H groups in total. The molecule has 1 aliphatic heterocycles. The first-order valence-corrected chi connectivity index (χ1v) is 15.0. The Bertz CT molecular complexity index is 1360. The lowest BCUT2D eigenvalue weighted by molar-refractivity contribution is -0.137. The van der Waals surface area contributed by atoms with Gasteiger partial charge in [-0.1, -0.05) is 30.8 Å². The fraction of sp³-hybridized carbons (Fsp3) is 0.400. The summed E-state index contributed by atoms with van der Waals surface area (Å²) >= 11 is 0. The number of amides is 1. The zero-order valence-electron chi connectivity index (χ0n) is 21.3. The van der Waals surface area contributed by atoms with Gasteiger partial charge in [0.25, 0.3) is 0 Å². The first-order chi connectivity index (χ1) is 18.2. The van der Waals surface area contributed by atoms with E-state index in [-0.39, 0.29) is 56.0 Å². The molecule has 0 radical (unpaired) electrons. The van der Waals surface area contributed by atoms with Gasteiger partial charge in [-0.05, 0) is 47.7 Å². The van der Waals surface area contributed by atoms with Crippen LogP contribution in [0.15, 0.2) is 65.4 Å². The number of nitrogens with zero attached hydrogens (tertiary/aromatic N) is 2. The van der Waals surface area contributed by atoms with Crippen LogP contribution in [0.3, 0.4) is 0 Å². The van der Waals surface area contributed by atoms with Crippen molar-refractivity contribution in [2.75, 3.05) is 33.2 Å². The molecule has 3 rings (SSSR count). The third kappa shape index (κ3) is 8.60. The summed E-state index contributed by atoms with van der Waals surface area (Å²) in [4.78, 5) is 13.9. The maximum Gasteiger partial charge on any atom is 0.416 e. The maximum absolute atomic E-state index is 13.1. The third-order valence-corrected chi connectivity index (χ3v) is 9.23. The normalized spacial score (nSPS) is 16.9. The summed E-state index contributed by atoms with van der Waals surface area (Å²) in [6.45, 7) is 4.23. The Kier molecular flexibility index (Phi) is 9.93. The van der Waals surface area contributed by atoms with Crippen LogP contribution >= 0.6 is 0 Å². The van der Waals surface area contributed by atoms with E-state index >= 15 is 0 Å². The Morgan fingerprint density at radius 2 is 1.62 bits per heavy atom. The Morgan fingerprint density at radius 3 is 2.13 bits per heavy atom. The molecule has 1 heterocycles. The second-order valence-corrected chi connectivity index (χ2v) is 12.9. The minimum atomic E-state index is -4.44. The number of hydrogen-bond acceptors (Lipinski definition) is 6. The van der Waals surface area contributed by atoms with E-state index in [0.717, 1.165) is 17.5 Å². The van der Waals surface area contributed by atoms with Crippen LogP contribution < -0.4 is 10.0 Å². The molecule has 1 atom stereocenters. The van der Waals surface area contributed by atoms with E-state index in [2.05, 4.69) is 16.6 Å². The summed E-state index contributed by atoms with van der Waals surface area (Å²) in [5.41, 5.74) is 0.538. The lowest BCUT2D eigenvalue weighted by Crippen LogP contribution is -2.35. The van der Waals surface area contributed by atoms with E-state index < -0.39 is 31.8 Å². The Hall–Kier alpha value is -2.78. The number of sulfonamides is 2. The maximum atomic E-state index is 13.1. The molecular weight excluding hydrogens is 557 g/mol. The van der Waals surface area contributed by atoms with Crippen LogP contribution in [-0.2, 0) is 44.1 Å². The van der Waals surface area contributed by atoms with Crippen molar-refractivity contribution in [2.24, 2.45) is 5.92 Å². The second-order valence-electron chi connectivity index (χ2n) is 9.23. The third-order valence-electron chi connectivity index (χ3n) is 6.34. The minimum Gasteiger partial charge on any atom is -0.358 e. The van der Waals surface area contributed by atoms with Crippen molar-refractivity contribution in [1.29, 1.82) is 0 Å². The number of nitrogens with one attached hydrogen (secondary N) is 2. The number of carbonyl (C=O) groups is 1. The SMILES string of the molecule is C=CS(=O)(=O)NC[C@H]1CCN(S(=O)(=O)c2ccc(CN(CC(=O)NC)Cc3ccc(C(F)(F)F)cc3)cc2)C1. The molecule has 0 aromatic heterocycles. The molecule has 1 saturated heterocycles. The highest BCUT2D eigenvalue weighted by Crippen LogP contribution is 2.29. The Morgan fingerprint density at radius 1 is 1.05 bits per heavy atom. The van der Waals surface area contributed by atoms with Crippen molar-refractivity contribution in [3.05, 3.63) is 77.2 Å². The zero-order valence-corrected chi connectivity index (χ0v) is 22.9. The molecule has 1 aliphatic rings. The largest absolute Gasteiger partial charge is 0.416 e. The summed E-state index contributed by atoms with van der Waals surface area (Å²) in [5.74, 6) is -0.447. The highest BCUT2D eigenvalue weighted by atomic mass is 32.2. The molecule has 14 heteroatoms. The molecule has 1 fully saturated rings. The molecule has 1 amide bonds. The summed E-state index contributed by atoms with van der Waals surface area (Å²) < 4.78 is 91.7. The number of carbonyl (C=O) groups excluding carboxylic acids is 1. The smallest absolute Gasteiger partial charge is 0.358 e. The van der Waals surface area contributed by atoms with E-state index in [9.17, 15) is 34.8 Å². The van der Waals surface area contributed by atoms with E-state index in [0.29, 0.717) is 17.5 Å². The van der Waals surface area contributed by atoms with E-state index in [1.165, 1.54) is 35.6 Å². The van der Waals surface area contributed by atoms with Crippen molar-refractivity contribution in [3.8, 4) is 0 Å². The van der Waals surface area contributed by atoms with Crippen LogP contribution in [0.5, 0.6) is 0 Å². The highest BCUT2D eigenvalue weighted by Gasteiger charge is 2.33. The summed E-state index contributed by atoms with van der Waals surface area (Å²) in [5, 5.41) is 3.33. The predicted octanol–water partition coefficient (Wildman–Crippen LogP) is 2.53. The molecule has 0 aliphatic carbocycles. The van der Waals surface area contributed by atoms with Gasteiger partial charge in [-0.3, -0.25) is 9.69 Å². The molecule has 2 aromatic carbocycles. The Balaban J connectivity index is 1.67. The van der Waals surface area contributed by atoms with Gasteiger partial charge in [0.15, 0.2) is 0 Å². The van der Waals surface area contributed by atoms with E-state index in [4.69, 9.17) is 0 Å². The number of halogens is 3. The summed E-state index contributed by atoms with van der Waals surface area (Å²) in [6.07, 6.45) is -3.93. The zero-order chi connectivity index (χ0) is 28.8. The van der Waals surface area contributed by atoms with Crippen molar-refractivity contribution in [3.63, 3.8) is 0 Å². The topological polar surface area (TPSA) is 116 Å². The monoisotopic (exact) mass is 588 g/mol.